The number of carbonyl (C=O) groups is 1. The van der Waals surface area contributed by atoms with Crippen molar-refractivity contribution in [3.63, 3.8) is 0 Å². The molecule has 172 valence electrons. The molecule has 1 amide bonds. The van der Waals surface area contributed by atoms with E-state index in [1.54, 1.807) is 17.8 Å². The van der Waals surface area contributed by atoms with Gasteiger partial charge in [-0.25, -0.2) is 9.50 Å². The Morgan fingerprint density at radius 3 is 2.88 bits per heavy atom. The summed E-state index contributed by atoms with van der Waals surface area (Å²) in [6.45, 7) is 6.85. The second-order valence-electron chi connectivity index (χ2n) is 9.88. The Morgan fingerprint density at radius 1 is 1.30 bits per heavy atom. The third-order valence-electron chi connectivity index (χ3n) is 6.05. The summed E-state index contributed by atoms with van der Waals surface area (Å²) in [5, 5.41) is 11.6. The number of aromatic nitrogens is 5. The minimum atomic E-state index is -0.123. The van der Waals surface area contributed by atoms with Crippen molar-refractivity contribution in [2.75, 3.05) is 19.0 Å². The predicted octanol–water partition coefficient (Wildman–Crippen LogP) is 3.64. The highest BCUT2D eigenvalue weighted by atomic mass is 16.5. The van der Waals surface area contributed by atoms with Crippen LogP contribution < -0.4 is 10.6 Å². The maximum absolute atomic E-state index is 12.8. The number of nitrogens with zero attached hydrogens (tertiary/aromatic N) is 4. The lowest BCUT2D eigenvalue weighted by atomic mass is 9.89. The number of carbonyl (C=O) groups excluding carboxylic acids is 1. The van der Waals surface area contributed by atoms with E-state index in [9.17, 15) is 4.79 Å². The number of H-pyrrole nitrogens is 1. The first kappa shape index (κ1) is 21.4. The van der Waals surface area contributed by atoms with E-state index in [-0.39, 0.29) is 11.3 Å². The van der Waals surface area contributed by atoms with Crippen LogP contribution in [0.2, 0.25) is 0 Å². The summed E-state index contributed by atoms with van der Waals surface area (Å²) in [5.74, 6) is 0.487. The zero-order valence-corrected chi connectivity index (χ0v) is 19.3. The van der Waals surface area contributed by atoms with Crippen LogP contribution in [0.1, 0.15) is 44.0 Å². The molecule has 3 N–H and O–H groups in total. The number of rotatable bonds is 6. The Bertz CT molecular complexity index is 1310. The van der Waals surface area contributed by atoms with E-state index in [1.165, 1.54) is 0 Å². The number of amides is 1. The van der Waals surface area contributed by atoms with Crippen LogP contribution in [-0.2, 0) is 4.74 Å². The van der Waals surface area contributed by atoms with Crippen LogP contribution in [-0.4, -0.2) is 56.3 Å². The highest BCUT2D eigenvalue weighted by Crippen LogP contribution is 2.30. The average molecular weight is 448 g/mol. The molecule has 0 aromatic carbocycles. The fraction of sp³-hybridized carbons (Fsp3) is 0.417. The molecule has 0 radical (unpaired) electrons. The molecule has 1 aliphatic carbocycles. The Labute approximate surface area is 192 Å². The number of nitrogens with one attached hydrogen (secondary N) is 3. The van der Waals surface area contributed by atoms with E-state index in [2.05, 4.69) is 51.5 Å². The first-order valence-electron chi connectivity index (χ1n) is 11.2. The van der Waals surface area contributed by atoms with Crippen molar-refractivity contribution in [2.45, 2.75) is 45.8 Å². The monoisotopic (exact) mass is 447 g/mol. The smallest absolute Gasteiger partial charge is 0.255 e. The number of pyridine rings is 1. The van der Waals surface area contributed by atoms with E-state index in [1.807, 2.05) is 30.7 Å². The highest BCUT2D eigenvalue weighted by Gasteiger charge is 2.29. The number of hydrogen-bond acceptors (Lipinski definition) is 6. The first-order chi connectivity index (χ1) is 15.8. The van der Waals surface area contributed by atoms with Gasteiger partial charge in [0, 0.05) is 49.2 Å². The molecule has 1 fully saturated rings. The molecule has 33 heavy (non-hydrogen) atoms. The van der Waals surface area contributed by atoms with Gasteiger partial charge in [-0.3, -0.25) is 4.79 Å². The fourth-order valence-electron chi connectivity index (χ4n) is 4.04. The number of hydrogen-bond donors (Lipinski definition) is 3. The van der Waals surface area contributed by atoms with Crippen LogP contribution in [0.3, 0.4) is 0 Å². The summed E-state index contributed by atoms with van der Waals surface area (Å²) < 4.78 is 7.05. The third kappa shape index (κ3) is 4.28. The molecule has 9 heteroatoms. The second kappa shape index (κ2) is 8.15. The average Bonchev–Trinajstić information content (AvgIpc) is 3.37. The summed E-state index contributed by atoms with van der Waals surface area (Å²) in [6.07, 6.45) is 9.49. The third-order valence-corrected chi connectivity index (χ3v) is 6.05. The van der Waals surface area contributed by atoms with Crippen LogP contribution in [0.4, 0.5) is 5.95 Å². The topological polar surface area (TPSA) is 109 Å². The SMILES string of the molecule is CO[C@H]1C[C@@H](Nc2ncc3c(-c4ccn5ncc(C(=O)NCC(C)(C)C)c5c4)c[nH]c3n2)C1. The van der Waals surface area contributed by atoms with Gasteiger partial charge in [0.05, 0.1) is 23.4 Å². The van der Waals surface area contributed by atoms with Crippen LogP contribution >= 0.6 is 0 Å². The summed E-state index contributed by atoms with van der Waals surface area (Å²) in [4.78, 5) is 25.2. The number of methoxy groups -OCH3 is 1. The van der Waals surface area contributed by atoms with Crippen LogP contribution in [0.15, 0.2) is 36.9 Å². The standard InChI is InChI=1S/C24H29N7O2/c1-24(2,3)13-27-22(32)19-12-28-31-6-5-14(7-20(19)31)17-10-25-21-18(17)11-26-23(30-21)29-15-8-16(9-15)33-4/h5-7,10-12,15-16H,8-9,13H2,1-4H3,(H,27,32)(H2,25,26,29,30)/t15-,16+. The Kier molecular flexibility index (Phi) is 5.28. The maximum Gasteiger partial charge on any atom is 0.255 e. The van der Waals surface area contributed by atoms with Crippen LogP contribution in [0.25, 0.3) is 27.7 Å². The predicted molar refractivity (Wildman–Crippen MR) is 127 cm³/mol. The molecule has 0 unspecified atom stereocenters. The van der Waals surface area contributed by atoms with Crippen LogP contribution in [0, 0.1) is 5.41 Å². The van der Waals surface area contributed by atoms with Crippen molar-refractivity contribution in [3.05, 3.63) is 42.5 Å². The zero-order chi connectivity index (χ0) is 23.2. The fourth-order valence-corrected chi connectivity index (χ4v) is 4.04. The van der Waals surface area contributed by atoms with Gasteiger partial charge in [0.15, 0.2) is 0 Å². The lowest BCUT2D eigenvalue weighted by molar-refractivity contribution is 0.0327. The van der Waals surface area contributed by atoms with Crippen molar-refractivity contribution in [2.24, 2.45) is 5.41 Å². The van der Waals surface area contributed by atoms with Crippen molar-refractivity contribution in [1.29, 1.82) is 0 Å². The second-order valence-corrected chi connectivity index (χ2v) is 9.88. The summed E-state index contributed by atoms with van der Waals surface area (Å²) in [6, 6.07) is 4.30. The largest absolute Gasteiger partial charge is 0.381 e. The van der Waals surface area contributed by atoms with Gasteiger partial charge in [-0.1, -0.05) is 20.8 Å². The van der Waals surface area contributed by atoms with Gasteiger partial charge in [-0.15, -0.1) is 0 Å². The Hall–Kier alpha value is -3.46. The van der Waals surface area contributed by atoms with E-state index < -0.39 is 0 Å². The minimum Gasteiger partial charge on any atom is -0.381 e. The number of fused-ring (bicyclic) bond motifs is 2. The number of anilines is 1. The Morgan fingerprint density at radius 2 is 2.12 bits per heavy atom. The normalized spacial score (nSPS) is 18.4. The number of ether oxygens (including phenoxy) is 1. The van der Waals surface area contributed by atoms with Crippen molar-refractivity contribution in [1.82, 2.24) is 29.9 Å². The maximum atomic E-state index is 12.8. The molecule has 0 spiro atoms. The van der Waals surface area contributed by atoms with E-state index in [0.29, 0.717) is 30.2 Å². The van der Waals surface area contributed by atoms with Gasteiger partial charge in [0.25, 0.3) is 5.91 Å². The molecule has 1 aliphatic rings. The van der Waals surface area contributed by atoms with Crippen molar-refractivity contribution in [3.8, 4) is 11.1 Å². The minimum absolute atomic E-state index is 0.00561. The first-order valence-corrected chi connectivity index (χ1v) is 11.2. The molecule has 0 bridgehead atoms. The molecule has 0 aliphatic heterocycles. The molecule has 9 nitrogen and oxygen atoms in total. The van der Waals surface area contributed by atoms with Crippen molar-refractivity contribution >= 4 is 28.4 Å². The Balaban J connectivity index is 1.40. The molecule has 1 saturated carbocycles. The summed E-state index contributed by atoms with van der Waals surface area (Å²) in [7, 11) is 1.74. The highest BCUT2D eigenvalue weighted by molar-refractivity contribution is 6.02. The van der Waals surface area contributed by atoms with Crippen LogP contribution in [0.5, 0.6) is 0 Å². The van der Waals surface area contributed by atoms with E-state index >= 15 is 0 Å². The lowest BCUT2D eigenvalue weighted by Gasteiger charge is -2.34. The van der Waals surface area contributed by atoms with Gasteiger partial charge in [-0.05, 0) is 36.0 Å². The molecule has 4 aromatic heterocycles. The molecular formula is C24H29N7O2. The van der Waals surface area contributed by atoms with Gasteiger partial charge in [0.2, 0.25) is 5.95 Å². The quantitative estimate of drug-likeness (QED) is 0.416. The molecule has 0 saturated heterocycles. The summed E-state index contributed by atoms with van der Waals surface area (Å²) in [5.41, 5.74) is 4.02. The lowest BCUT2D eigenvalue weighted by Crippen LogP contribution is -2.40. The van der Waals surface area contributed by atoms with Gasteiger partial charge >= 0.3 is 0 Å². The zero-order valence-electron chi connectivity index (χ0n) is 19.3. The molecule has 4 aromatic rings. The number of aromatic amines is 1. The van der Waals surface area contributed by atoms with Crippen molar-refractivity contribution < 1.29 is 9.53 Å². The van der Waals surface area contributed by atoms with Gasteiger partial charge in [-0.2, -0.15) is 10.1 Å². The molecule has 5 rings (SSSR count). The molecule has 4 heterocycles. The molecule has 0 atom stereocenters. The van der Waals surface area contributed by atoms with Gasteiger partial charge < -0.3 is 20.4 Å². The van der Waals surface area contributed by atoms with E-state index in [4.69, 9.17) is 4.74 Å². The van der Waals surface area contributed by atoms with E-state index in [0.717, 1.165) is 40.5 Å². The van der Waals surface area contributed by atoms with Gasteiger partial charge in [0.1, 0.15) is 5.65 Å². The molecular weight excluding hydrogens is 418 g/mol. The summed E-state index contributed by atoms with van der Waals surface area (Å²) >= 11 is 0.